The van der Waals surface area contributed by atoms with Crippen LogP contribution in [0.15, 0.2) is 29.2 Å². The number of thiol groups is 1. The van der Waals surface area contributed by atoms with Crippen molar-refractivity contribution in [3.8, 4) is 0 Å². The Balaban J connectivity index is 1.61. The SMILES string of the molecule is CN1CCC2(CC1)CN(C(=O)c1ccc(S)cc1)C2. The number of likely N-dealkylation sites (tertiary alicyclic amines) is 2. The molecule has 0 aliphatic carbocycles. The van der Waals surface area contributed by atoms with Gasteiger partial charge in [-0.25, -0.2) is 0 Å². The molecule has 1 spiro atoms. The van der Waals surface area contributed by atoms with E-state index in [0.717, 1.165) is 36.6 Å². The van der Waals surface area contributed by atoms with Gasteiger partial charge in [-0.1, -0.05) is 0 Å². The number of hydrogen-bond acceptors (Lipinski definition) is 3. The Hall–Kier alpha value is -1.00. The topological polar surface area (TPSA) is 23.6 Å². The van der Waals surface area contributed by atoms with E-state index in [1.807, 2.05) is 29.2 Å². The van der Waals surface area contributed by atoms with Crippen LogP contribution in [0.3, 0.4) is 0 Å². The fraction of sp³-hybridized carbons (Fsp3) is 0.533. The summed E-state index contributed by atoms with van der Waals surface area (Å²) in [5.41, 5.74) is 1.19. The molecule has 2 fully saturated rings. The molecule has 19 heavy (non-hydrogen) atoms. The van der Waals surface area contributed by atoms with Crippen LogP contribution < -0.4 is 0 Å². The summed E-state index contributed by atoms with van der Waals surface area (Å²) in [6.45, 7) is 4.19. The summed E-state index contributed by atoms with van der Waals surface area (Å²) >= 11 is 4.25. The minimum atomic E-state index is 0.165. The van der Waals surface area contributed by atoms with E-state index in [-0.39, 0.29) is 5.91 Å². The Bertz CT molecular complexity index is 469. The monoisotopic (exact) mass is 276 g/mol. The van der Waals surface area contributed by atoms with Crippen molar-refractivity contribution >= 4 is 18.5 Å². The summed E-state index contributed by atoms with van der Waals surface area (Å²) in [4.78, 5) is 17.6. The van der Waals surface area contributed by atoms with Crippen molar-refractivity contribution in [2.45, 2.75) is 17.7 Å². The number of carbonyl (C=O) groups is 1. The lowest BCUT2D eigenvalue weighted by Crippen LogP contribution is -2.61. The lowest BCUT2D eigenvalue weighted by molar-refractivity contribution is -0.0283. The third-order valence-electron chi connectivity index (χ3n) is 4.50. The molecule has 2 aliphatic rings. The molecule has 1 aromatic carbocycles. The number of amides is 1. The van der Waals surface area contributed by atoms with Gasteiger partial charge in [0.15, 0.2) is 0 Å². The molecule has 2 heterocycles. The predicted molar refractivity (Wildman–Crippen MR) is 78.8 cm³/mol. The number of carbonyl (C=O) groups excluding carboxylic acids is 1. The first kappa shape index (κ1) is 13.0. The van der Waals surface area contributed by atoms with Crippen LogP contribution in [0.4, 0.5) is 0 Å². The van der Waals surface area contributed by atoms with E-state index < -0.39 is 0 Å². The third kappa shape index (κ3) is 2.51. The van der Waals surface area contributed by atoms with Gasteiger partial charge in [0.1, 0.15) is 0 Å². The van der Waals surface area contributed by atoms with E-state index in [1.165, 1.54) is 12.8 Å². The van der Waals surface area contributed by atoms with Crippen molar-refractivity contribution in [1.29, 1.82) is 0 Å². The van der Waals surface area contributed by atoms with Crippen molar-refractivity contribution in [3.63, 3.8) is 0 Å². The highest BCUT2D eigenvalue weighted by atomic mass is 32.1. The normalized spacial score (nSPS) is 22.3. The predicted octanol–water partition coefficient (Wildman–Crippen LogP) is 2.14. The molecule has 0 atom stereocenters. The van der Waals surface area contributed by atoms with Gasteiger partial charge < -0.3 is 9.80 Å². The summed E-state index contributed by atoms with van der Waals surface area (Å²) in [5.74, 6) is 0.165. The van der Waals surface area contributed by atoms with E-state index >= 15 is 0 Å². The molecule has 0 radical (unpaired) electrons. The Morgan fingerprint density at radius 1 is 1.16 bits per heavy atom. The number of benzene rings is 1. The quantitative estimate of drug-likeness (QED) is 0.795. The molecule has 4 heteroatoms. The Morgan fingerprint density at radius 3 is 2.32 bits per heavy atom. The van der Waals surface area contributed by atoms with Crippen LogP contribution in [0.1, 0.15) is 23.2 Å². The first-order valence-electron chi connectivity index (χ1n) is 6.85. The van der Waals surface area contributed by atoms with Crippen molar-refractivity contribution in [3.05, 3.63) is 29.8 Å². The van der Waals surface area contributed by atoms with Gasteiger partial charge in [0, 0.05) is 29.0 Å². The molecule has 0 aromatic heterocycles. The van der Waals surface area contributed by atoms with Gasteiger partial charge in [0.25, 0.3) is 5.91 Å². The molecular weight excluding hydrogens is 256 g/mol. The Labute approximate surface area is 120 Å². The van der Waals surface area contributed by atoms with Gasteiger partial charge >= 0.3 is 0 Å². The highest BCUT2D eigenvalue weighted by Crippen LogP contribution is 2.40. The smallest absolute Gasteiger partial charge is 0.253 e. The maximum atomic E-state index is 12.3. The maximum Gasteiger partial charge on any atom is 0.253 e. The first-order valence-corrected chi connectivity index (χ1v) is 7.30. The minimum absolute atomic E-state index is 0.165. The van der Waals surface area contributed by atoms with Crippen LogP contribution >= 0.6 is 12.6 Å². The van der Waals surface area contributed by atoms with Crippen molar-refractivity contribution in [2.24, 2.45) is 5.41 Å². The molecule has 102 valence electrons. The highest BCUT2D eigenvalue weighted by molar-refractivity contribution is 7.80. The largest absolute Gasteiger partial charge is 0.337 e. The van der Waals surface area contributed by atoms with E-state index in [1.54, 1.807) is 0 Å². The summed E-state index contributed by atoms with van der Waals surface area (Å²) in [6.07, 6.45) is 2.45. The molecule has 2 aliphatic heterocycles. The first-order chi connectivity index (χ1) is 9.08. The van der Waals surface area contributed by atoms with E-state index in [9.17, 15) is 4.79 Å². The zero-order valence-corrected chi connectivity index (χ0v) is 12.2. The second-order valence-electron chi connectivity index (χ2n) is 6.01. The number of hydrogen-bond donors (Lipinski definition) is 1. The fourth-order valence-electron chi connectivity index (χ4n) is 3.10. The van der Waals surface area contributed by atoms with Crippen molar-refractivity contribution in [2.75, 3.05) is 33.2 Å². The summed E-state index contributed by atoms with van der Waals surface area (Å²) in [7, 11) is 2.17. The van der Waals surface area contributed by atoms with Crippen LogP contribution in [-0.4, -0.2) is 48.9 Å². The molecule has 1 aromatic rings. The van der Waals surface area contributed by atoms with Crippen molar-refractivity contribution < 1.29 is 4.79 Å². The maximum absolute atomic E-state index is 12.3. The van der Waals surface area contributed by atoms with Gasteiger partial charge in [-0.15, -0.1) is 12.6 Å². The van der Waals surface area contributed by atoms with Crippen LogP contribution in [0.25, 0.3) is 0 Å². The number of nitrogens with zero attached hydrogens (tertiary/aromatic N) is 2. The van der Waals surface area contributed by atoms with E-state index in [2.05, 4.69) is 24.6 Å². The summed E-state index contributed by atoms with van der Waals surface area (Å²) < 4.78 is 0. The fourth-order valence-corrected chi connectivity index (χ4v) is 3.25. The summed E-state index contributed by atoms with van der Waals surface area (Å²) in [5, 5.41) is 0. The Kier molecular flexibility index (Phi) is 3.31. The van der Waals surface area contributed by atoms with E-state index in [4.69, 9.17) is 0 Å². The average Bonchev–Trinajstić information content (AvgIpc) is 2.37. The molecular formula is C15H20N2OS. The van der Waals surface area contributed by atoms with Crippen LogP contribution in [-0.2, 0) is 0 Å². The van der Waals surface area contributed by atoms with Gasteiger partial charge in [-0.3, -0.25) is 4.79 Å². The molecule has 0 N–H and O–H groups in total. The lowest BCUT2D eigenvalue weighted by Gasteiger charge is -2.53. The molecule has 0 bridgehead atoms. The second-order valence-corrected chi connectivity index (χ2v) is 6.53. The standard InChI is InChI=1S/C15H20N2OS/c1-16-8-6-15(7-9-16)10-17(11-15)14(18)12-2-4-13(19)5-3-12/h2-5,19H,6-11H2,1H3. The number of piperidine rings is 1. The van der Waals surface area contributed by atoms with E-state index in [0.29, 0.717) is 5.41 Å². The lowest BCUT2D eigenvalue weighted by atomic mass is 9.72. The molecule has 3 nitrogen and oxygen atoms in total. The molecule has 0 saturated carbocycles. The van der Waals surface area contributed by atoms with Crippen LogP contribution in [0.2, 0.25) is 0 Å². The van der Waals surface area contributed by atoms with Crippen LogP contribution in [0, 0.1) is 5.41 Å². The zero-order valence-electron chi connectivity index (χ0n) is 11.3. The van der Waals surface area contributed by atoms with Gasteiger partial charge in [0.05, 0.1) is 0 Å². The van der Waals surface area contributed by atoms with Gasteiger partial charge in [-0.2, -0.15) is 0 Å². The summed E-state index contributed by atoms with van der Waals surface area (Å²) in [6, 6.07) is 7.48. The molecule has 2 saturated heterocycles. The van der Waals surface area contributed by atoms with Gasteiger partial charge in [-0.05, 0) is 57.2 Å². The molecule has 0 unspecified atom stereocenters. The third-order valence-corrected chi connectivity index (χ3v) is 4.80. The van der Waals surface area contributed by atoms with Crippen LogP contribution in [0.5, 0.6) is 0 Å². The minimum Gasteiger partial charge on any atom is -0.337 e. The second kappa shape index (κ2) is 4.84. The zero-order chi connectivity index (χ0) is 13.5. The average molecular weight is 276 g/mol. The van der Waals surface area contributed by atoms with Crippen molar-refractivity contribution in [1.82, 2.24) is 9.80 Å². The molecule has 3 rings (SSSR count). The highest BCUT2D eigenvalue weighted by Gasteiger charge is 2.46. The Morgan fingerprint density at radius 2 is 1.74 bits per heavy atom. The number of rotatable bonds is 1. The van der Waals surface area contributed by atoms with Gasteiger partial charge in [0.2, 0.25) is 0 Å². The molecule has 1 amide bonds.